The molecule has 0 amide bonds. The highest BCUT2D eigenvalue weighted by Gasteiger charge is 2.29. The highest BCUT2D eigenvalue weighted by Crippen LogP contribution is 2.32. The summed E-state index contributed by atoms with van der Waals surface area (Å²) in [4.78, 5) is 12.3. The van der Waals surface area contributed by atoms with Gasteiger partial charge >= 0.3 is 0 Å². The second-order valence-electron chi connectivity index (χ2n) is 4.57. The highest BCUT2D eigenvalue weighted by molar-refractivity contribution is 5.81. The Morgan fingerprint density at radius 3 is 3.00 bits per heavy atom. The van der Waals surface area contributed by atoms with E-state index in [4.69, 9.17) is 5.73 Å². The van der Waals surface area contributed by atoms with Crippen molar-refractivity contribution in [2.24, 2.45) is 0 Å². The first-order chi connectivity index (χ1) is 8.07. The Kier molecular flexibility index (Phi) is 1.97. The predicted octanol–water partition coefficient (Wildman–Crippen LogP) is 0.660. The molecule has 2 aromatic rings. The number of hydrogen-bond donors (Lipinski definition) is 2. The normalized spacial score (nSPS) is 28.0. The number of rotatable bonds is 1. The van der Waals surface area contributed by atoms with E-state index in [0.717, 1.165) is 0 Å². The first-order valence-electron chi connectivity index (χ1n) is 5.41. The molecule has 0 unspecified atom stereocenters. The van der Waals surface area contributed by atoms with Gasteiger partial charge in [0, 0.05) is 6.42 Å². The molecule has 0 saturated carbocycles. The topological polar surface area (TPSA) is 89.8 Å². The number of nitrogens with zero attached hydrogens (tertiary/aromatic N) is 4. The van der Waals surface area contributed by atoms with Crippen molar-refractivity contribution < 1.29 is 5.11 Å². The van der Waals surface area contributed by atoms with Crippen molar-refractivity contribution in [2.45, 2.75) is 25.0 Å². The molecule has 0 aliphatic heterocycles. The zero-order valence-corrected chi connectivity index (χ0v) is 9.41. The van der Waals surface area contributed by atoms with Gasteiger partial charge in [-0.15, -0.1) is 0 Å². The Morgan fingerprint density at radius 2 is 2.29 bits per heavy atom. The monoisotopic (exact) mass is 231 g/mol. The van der Waals surface area contributed by atoms with Gasteiger partial charge in [-0.2, -0.15) is 0 Å². The third-order valence-corrected chi connectivity index (χ3v) is 3.04. The summed E-state index contributed by atoms with van der Waals surface area (Å²) in [5.41, 5.74) is 6.27. The average Bonchev–Trinajstić information content (AvgIpc) is 2.82. The molecule has 0 spiro atoms. The van der Waals surface area contributed by atoms with Crippen LogP contribution in [0.1, 0.15) is 19.4 Å². The molecule has 88 valence electrons. The van der Waals surface area contributed by atoms with Crippen LogP contribution in [0.2, 0.25) is 0 Å². The van der Waals surface area contributed by atoms with Crippen molar-refractivity contribution >= 4 is 17.0 Å². The molecule has 2 atom stereocenters. The van der Waals surface area contributed by atoms with Gasteiger partial charge in [-0.05, 0) is 6.92 Å². The Labute approximate surface area is 97.8 Å². The third-order valence-electron chi connectivity index (χ3n) is 3.04. The summed E-state index contributed by atoms with van der Waals surface area (Å²) >= 11 is 0. The van der Waals surface area contributed by atoms with Crippen molar-refractivity contribution in [3.8, 4) is 0 Å². The number of anilines is 1. The van der Waals surface area contributed by atoms with Gasteiger partial charge in [0.1, 0.15) is 11.8 Å². The van der Waals surface area contributed by atoms with Gasteiger partial charge in [0.25, 0.3) is 0 Å². The molecule has 1 aliphatic carbocycles. The second kappa shape index (κ2) is 3.27. The third kappa shape index (κ3) is 1.57. The Balaban J connectivity index is 2.08. The number of aliphatic hydroxyl groups is 1. The van der Waals surface area contributed by atoms with E-state index in [1.807, 2.05) is 10.6 Å². The van der Waals surface area contributed by atoms with E-state index in [2.05, 4.69) is 15.0 Å². The standard InChI is InChI=1S/C11H13N5O/c1-11(17)3-2-7(4-11)16-6-15-8-9(12)13-5-14-10(8)16/h2-3,5-7,17H,4H2,1H3,(H2,12,13,14)/t7-,11+/m1/s1. The molecule has 3 rings (SSSR count). The minimum absolute atomic E-state index is 0.0595. The largest absolute Gasteiger partial charge is 0.386 e. The van der Waals surface area contributed by atoms with E-state index in [1.54, 1.807) is 19.3 Å². The SMILES string of the molecule is C[C@]1(O)C=C[C@@H](n2cnc3c(N)ncnc32)C1. The summed E-state index contributed by atoms with van der Waals surface area (Å²) in [5.74, 6) is 0.377. The summed E-state index contributed by atoms with van der Waals surface area (Å²) in [6, 6.07) is 0.0595. The zero-order chi connectivity index (χ0) is 12.0. The minimum Gasteiger partial charge on any atom is -0.386 e. The van der Waals surface area contributed by atoms with Crippen LogP contribution < -0.4 is 5.73 Å². The Bertz CT molecular complexity index is 601. The molecule has 1 aliphatic rings. The van der Waals surface area contributed by atoms with Crippen LogP contribution in [0.15, 0.2) is 24.8 Å². The molecule has 0 aromatic carbocycles. The molecular formula is C11H13N5O. The van der Waals surface area contributed by atoms with Crippen LogP contribution in [-0.4, -0.2) is 30.2 Å². The van der Waals surface area contributed by atoms with E-state index in [1.165, 1.54) is 6.33 Å². The van der Waals surface area contributed by atoms with Crippen molar-refractivity contribution in [3.05, 3.63) is 24.8 Å². The maximum Gasteiger partial charge on any atom is 0.165 e. The van der Waals surface area contributed by atoms with Gasteiger partial charge in [0.2, 0.25) is 0 Å². The van der Waals surface area contributed by atoms with E-state index in [-0.39, 0.29) is 6.04 Å². The van der Waals surface area contributed by atoms with Crippen LogP contribution in [0.25, 0.3) is 11.2 Å². The number of imidazole rings is 1. The van der Waals surface area contributed by atoms with Gasteiger partial charge < -0.3 is 15.4 Å². The second-order valence-corrected chi connectivity index (χ2v) is 4.57. The molecule has 0 saturated heterocycles. The van der Waals surface area contributed by atoms with Crippen molar-refractivity contribution in [1.82, 2.24) is 19.5 Å². The number of nitrogens with two attached hydrogens (primary N) is 1. The molecular weight excluding hydrogens is 218 g/mol. The summed E-state index contributed by atoms with van der Waals surface area (Å²) in [5, 5.41) is 9.91. The van der Waals surface area contributed by atoms with Crippen molar-refractivity contribution in [1.29, 1.82) is 0 Å². The van der Waals surface area contributed by atoms with E-state index in [9.17, 15) is 5.11 Å². The number of nitrogen functional groups attached to an aromatic ring is 1. The van der Waals surface area contributed by atoms with Crippen LogP contribution in [0.5, 0.6) is 0 Å². The quantitative estimate of drug-likeness (QED) is 0.704. The predicted molar refractivity (Wildman–Crippen MR) is 63.2 cm³/mol. The fourth-order valence-corrected chi connectivity index (χ4v) is 2.18. The van der Waals surface area contributed by atoms with Crippen molar-refractivity contribution in [3.63, 3.8) is 0 Å². The lowest BCUT2D eigenvalue weighted by Gasteiger charge is -2.17. The molecule has 2 aromatic heterocycles. The molecule has 6 heteroatoms. The van der Waals surface area contributed by atoms with E-state index >= 15 is 0 Å². The first-order valence-corrected chi connectivity index (χ1v) is 5.41. The van der Waals surface area contributed by atoms with Crippen molar-refractivity contribution in [2.75, 3.05) is 5.73 Å². The van der Waals surface area contributed by atoms with Gasteiger partial charge in [-0.3, -0.25) is 0 Å². The molecule has 0 fully saturated rings. The summed E-state index contributed by atoms with van der Waals surface area (Å²) in [6.07, 6.45) is 7.48. The first kappa shape index (κ1) is 10.2. The minimum atomic E-state index is -0.764. The highest BCUT2D eigenvalue weighted by atomic mass is 16.3. The molecule has 0 bridgehead atoms. The Hall–Kier alpha value is -1.95. The fraction of sp³-hybridized carbons (Fsp3) is 0.364. The summed E-state index contributed by atoms with van der Waals surface area (Å²) < 4.78 is 1.91. The van der Waals surface area contributed by atoms with Crippen LogP contribution in [0.3, 0.4) is 0 Å². The molecule has 17 heavy (non-hydrogen) atoms. The lowest BCUT2D eigenvalue weighted by atomic mass is 10.1. The van der Waals surface area contributed by atoms with Gasteiger partial charge in [0.05, 0.1) is 18.0 Å². The average molecular weight is 231 g/mol. The number of fused-ring (bicyclic) bond motifs is 1. The van der Waals surface area contributed by atoms with Crippen LogP contribution in [0, 0.1) is 0 Å². The number of hydrogen-bond acceptors (Lipinski definition) is 5. The van der Waals surface area contributed by atoms with Gasteiger partial charge in [-0.1, -0.05) is 12.2 Å². The summed E-state index contributed by atoms with van der Waals surface area (Å²) in [6.45, 7) is 1.78. The van der Waals surface area contributed by atoms with Gasteiger partial charge in [-0.25, -0.2) is 15.0 Å². The molecule has 6 nitrogen and oxygen atoms in total. The van der Waals surface area contributed by atoms with E-state index < -0.39 is 5.60 Å². The lowest BCUT2D eigenvalue weighted by Crippen LogP contribution is -2.19. The lowest BCUT2D eigenvalue weighted by molar-refractivity contribution is 0.103. The smallest absolute Gasteiger partial charge is 0.165 e. The molecule has 0 radical (unpaired) electrons. The maximum atomic E-state index is 9.91. The van der Waals surface area contributed by atoms with Crippen LogP contribution in [0.4, 0.5) is 5.82 Å². The number of allylic oxidation sites excluding steroid dienone is 1. The number of aromatic nitrogens is 4. The summed E-state index contributed by atoms with van der Waals surface area (Å²) in [7, 11) is 0. The maximum absolute atomic E-state index is 9.91. The van der Waals surface area contributed by atoms with E-state index in [0.29, 0.717) is 23.4 Å². The molecule has 2 heterocycles. The Morgan fingerprint density at radius 1 is 1.47 bits per heavy atom. The van der Waals surface area contributed by atoms with Gasteiger partial charge in [0.15, 0.2) is 11.5 Å². The van der Waals surface area contributed by atoms with Crippen LogP contribution >= 0.6 is 0 Å². The fourth-order valence-electron chi connectivity index (χ4n) is 2.18. The zero-order valence-electron chi connectivity index (χ0n) is 9.41. The van der Waals surface area contributed by atoms with Crippen LogP contribution in [-0.2, 0) is 0 Å². The molecule has 3 N–H and O–H groups in total.